The van der Waals surface area contributed by atoms with Crippen molar-refractivity contribution in [2.24, 2.45) is 17.8 Å². The number of nitrogens with one attached hydrogen (secondary N) is 1. The Morgan fingerprint density at radius 1 is 1.16 bits per heavy atom. The first kappa shape index (κ1) is 15.2. The second-order valence-corrected chi connectivity index (χ2v) is 7.33. The highest BCUT2D eigenvalue weighted by molar-refractivity contribution is 6.18. The van der Waals surface area contributed by atoms with Crippen LogP contribution in [0.4, 0.5) is 0 Å². The number of carbonyl (C=O) groups is 1. The summed E-state index contributed by atoms with van der Waals surface area (Å²) in [6, 6.07) is 0. The molecule has 0 heterocycles. The van der Waals surface area contributed by atoms with Crippen molar-refractivity contribution >= 4 is 17.5 Å². The van der Waals surface area contributed by atoms with Crippen LogP contribution >= 0.6 is 11.6 Å². The van der Waals surface area contributed by atoms with Crippen molar-refractivity contribution in [2.75, 3.05) is 5.88 Å². The molecule has 110 valence electrons. The van der Waals surface area contributed by atoms with Gasteiger partial charge in [-0.3, -0.25) is 4.79 Å². The van der Waals surface area contributed by atoms with Crippen molar-refractivity contribution in [1.82, 2.24) is 5.32 Å². The fourth-order valence-electron chi connectivity index (χ4n) is 3.81. The van der Waals surface area contributed by atoms with E-state index in [4.69, 9.17) is 11.6 Å². The quantitative estimate of drug-likeness (QED) is 0.777. The molecule has 2 fully saturated rings. The Morgan fingerprint density at radius 2 is 1.84 bits per heavy atom. The van der Waals surface area contributed by atoms with Crippen LogP contribution in [0.2, 0.25) is 0 Å². The van der Waals surface area contributed by atoms with Crippen molar-refractivity contribution in [3.05, 3.63) is 0 Å². The number of halogens is 1. The Bertz CT molecular complexity index is 312. The van der Waals surface area contributed by atoms with Crippen LogP contribution in [0, 0.1) is 17.8 Å². The lowest BCUT2D eigenvalue weighted by Gasteiger charge is -2.40. The fourth-order valence-corrected chi connectivity index (χ4v) is 4.12. The second-order valence-electron chi connectivity index (χ2n) is 7.06. The molecule has 2 rings (SSSR count). The first-order valence-electron chi connectivity index (χ1n) is 7.92. The van der Waals surface area contributed by atoms with Gasteiger partial charge in [-0.15, -0.1) is 11.6 Å². The summed E-state index contributed by atoms with van der Waals surface area (Å²) in [5.41, 5.74) is -0.126. The van der Waals surface area contributed by atoms with Crippen LogP contribution in [0.15, 0.2) is 0 Å². The highest BCUT2D eigenvalue weighted by atomic mass is 35.5. The van der Waals surface area contributed by atoms with E-state index in [1.165, 1.54) is 25.7 Å². The summed E-state index contributed by atoms with van der Waals surface area (Å²) >= 11 is 6.19. The maximum absolute atomic E-state index is 12.5. The minimum absolute atomic E-state index is 0.126. The van der Waals surface area contributed by atoms with Gasteiger partial charge in [0.15, 0.2) is 0 Å². The van der Waals surface area contributed by atoms with Gasteiger partial charge in [-0.05, 0) is 50.4 Å². The van der Waals surface area contributed by atoms with Gasteiger partial charge in [0.1, 0.15) is 0 Å². The van der Waals surface area contributed by atoms with E-state index < -0.39 is 0 Å². The van der Waals surface area contributed by atoms with Gasteiger partial charge in [-0.25, -0.2) is 0 Å². The number of carbonyl (C=O) groups excluding carboxylic acids is 1. The van der Waals surface area contributed by atoms with Crippen LogP contribution < -0.4 is 5.32 Å². The van der Waals surface area contributed by atoms with E-state index in [-0.39, 0.29) is 17.4 Å². The van der Waals surface area contributed by atoms with Crippen molar-refractivity contribution < 1.29 is 4.79 Å². The molecule has 0 bridgehead atoms. The topological polar surface area (TPSA) is 29.1 Å². The smallest absolute Gasteiger partial charge is 0.223 e. The molecule has 19 heavy (non-hydrogen) atoms. The fraction of sp³-hybridized carbons (Fsp3) is 0.938. The summed E-state index contributed by atoms with van der Waals surface area (Å²) in [6.45, 7) is 4.56. The van der Waals surface area contributed by atoms with Crippen molar-refractivity contribution in [3.63, 3.8) is 0 Å². The number of hydrogen-bond acceptors (Lipinski definition) is 1. The number of alkyl halides is 1. The van der Waals surface area contributed by atoms with E-state index in [2.05, 4.69) is 19.2 Å². The molecule has 3 heteroatoms. The molecule has 0 aromatic rings. The van der Waals surface area contributed by atoms with Crippen LogP contribution in [0.3, 0.4) is 0 Å². The lowest BCUT2D eigenvalue weighted by atomic mass is 9.76. The maximum atomic E-state index is 12.5. The molecule has 0 aliphatic heterocycles. The first-order chi connectivity index (χ1) is 9.04. The van der Waals surface area contributed by atoms with Gasteiger partial charge in [0, 0.05) is 11.8 Å². The third-order valence-corrected chi connectivity index (χ3v) is 5.63. The van der Waals surface area contributed by atoms with Gasteiger partial charge < -0.3 is 5.32 Å². The largest absolute Gasteiger partial charge is 0.349 e. The number of amides is 1. The zero-order valence-electron chi connectivity index (χ0n) is 12.4. The molecule has 0 saturated heterocycles. The molecular weight excluding hydrogens is 258 g/mol. The van der Waals surface area contributed by atoms with E-state index in [1.807, 2.05) is 0 Å². The predicted octanol–water partition coefficient (Wildman–Crippen LogP) is 4.12. The normalized spacial score (nSPS) is 39.8. The first-order valence-corrected chi connectivity index (χ1v) is 8.46. The Kier molecular flexibility index (Phi) is 5.16. The van der Waals surface area contributed by atoms with Gasteiger partial charge in [0.25, 0.3) is 0 Å². The maximum Gasteiger partial charge on any atom is 0.223 e. The molecule has 2 aliphatic carbocycles. The minimum Gasteiger partial charge on any atom is -0.349 e. The monoisotopic (exact) mass is 285 g/mol. The average Bonchev–Trinajstić information content (AvgIpc) is 2.39. The molecule has 0 radical (unpaired) electrons. The molecule has 2 atom stereocenters. The van der Waals surface area contributed by atoms with Crippen molar-refractivity contribution in [1.29, 1.82) is 0 Å². The standard InChI is InChI=1S/C16H28ClNO/c1-12-5-7-14(8-6-12)15(19)18-16(11-17)9-3-4-13(2)10-16/h12-14H,3-11H2,1-2H3,(H,18,19). The summed E-state index contributed by atoms with van der Waals surface area (Å²) in [7, 11) is 0. The highest BCUT2D eigenvalue weighted by Gasteiger charge is 2.37. The molecule has 2 nitrogen and oxygen atoms in total. The highest BCUT2D eigenvalue weighted by Crippen LogP contribution is 2.35. The Balaban J connectivity index is 1.92. The SMILES string of the molecule is CC1CCC(C(=O)NC2(CCl)CCCC(C)C2)CC1. The van der Waals surface area contributed by atoms with E-state index >= 15 is 0 Å². The zero-order chi connectivity index (χ0) is 13.9. The molecule has 0 spiro atoms. The van der Waals surface area contributed by atoms with E-state index in [1.54, 1.807) is 0 Å². The van der Waals surface area contributed by atoms with E-state index in [0.29, 0.717) is 11.8 Å². The average molecular weight is 286 g/mol. The molecule has 2 aliphatic rings. The molecule has 2 saturated carbocycles. The van der Waals surface area contributed by atoms with Gasteiger partial charge in [-0.2, -0.15) is 0 Å². The van der Waals surface area contributed by atoms with Gasteiger partial charge in [0.2, 0.25) is 5.91 Å². The molecule has 2 unspecified atom stereocenters. The third kappa shape index (κ3) is 3.87. The van der Waals surface area contributed by atoms with Gasteiger partial charge in [0.05, 0.1) is 5.54 Å². The van der Waals surface area contributed by atoms with Gasteiger partial charge >= 0.3 is 0 Å². The van der Waals surface area contributed by atoms with Crippen LogP contribution in [0.25, 0.3) is 0 Å². The lowest BCUT2D eigenvalue weighted by Crippen LogP contribution is -2.54. The van der Waals surface area contributed by atoms with Crippen LogP contribution in [0.1, 0.15) is 65.2 Å². The van der Waals surface area contributed by atoms with E-state index in [0.717, 1.165) is 31.6 Å². The van der Waals surface area contributed by atoms with Crippen LogP contribution in [0.5, 0.6) is 0 Å². The summed E-state index contributed by atoms with van der Waals surface area (Å²) < 4.78 is 0. The summed E-state index contributed by atoms with van der Waals surface area (Å²) in [4.78, 5) is 12.5. The number of hydrogen-bond donors (Lipinski definition) is 1. The predicted molar refractivity (Wildman–Crippen MR) is 80.3 cm³/mol. The van der Waals surface area contributed by atoms with Gasteiger partial charge in [-0.1, -0.05) is 26.7 Å². The summed E-state index contributed by atoms with van der Waals surface area (Å²) in [5.74, 6) is 2.53. The Hall–Kier alpha value is -0.240. The lowest BCUT2D eigenvalue weighted by molar-refractivity contribution is -0.128. The molecule has 1 N–H and O–H groups in total. The zero-order valence-corrected chi connectivity index (χ0v) is 13.1. The molecule has 1 amide bonds. The summed E-state index contributed by atoms with van der Waals surface area (Å²) in [6.07, 6.45) is 9.07. The minimum atomic E-state index is -0.126. The van der Waals surface area contributed by atoms with Crippen molar-refractivity contribution in [2.45, 2.75) is 70.8 Å². The summed E-state index contributed by atoms with van der Waals surface area (Å²) in [5, 5.41) is 3.33. The molecular formula is C16H28ClNO. The van der Waals surface area contributed by atoms with Crippen LogP contribution in [-0.2, 0) is 4.79 Å². The molecule has 0 aromatic carbocycles. The second kappa shape index (κ2) is 6.47. The Labute approximate surface area is 122 Å². The molecule has 0 aromatic heterocycles. The Morgan fingerprint density at radius 3 is 2.42 bits per heavy atom. The number of rotatable bonds is 3. The van der Waals surface area contributed by atoms with Crippen molar-refractivity contribution in [3.8, 4) is 0 Å². The van der Waals surface area contributed by atoms with Crippen LogP contribution in [-0.4, -0.2) is 17.3 Å². The third-order valence-electron chi connectivity index (χ3n) is 5.12. The van der Waals surface area contributed by atoms with E-state index in [9.17, 15) is 4.79 Å².